The zero-order valence-corrected chi connectivity index (χ0v) is 31.7. The van der Waals surface area contributed by atoms with Crippen molar-refractivity contribution >= 4 is 82.6 Å². The van der Waals surface area contributed by atoms with Gasteiger partial charge in [-0.2, -0.15) is 0 Å². The molecule has 3 aromatic heterocycles. The Morgan fingerprint density at radius 3 is 1.34 bits per heavy atom. The number of anilines is 3. The number of furan rings is 1. The zero-order chi connectivity index (χ0) is 38.6. The first-order valence-electron chi connectivity index (χ1n) is 20.0. The number of benzene rings is 9. The van der Waals surface area contributed by atoms with Gasteiger partial charge in [0, 0.05) is 50.1 Å². The standard InChI is InChI=1S/C54H33N3O2/c1-6-19-45-39(14-1)40-15-2-7-20-46(40)55(45)37-25-27-49-53(32-37)59-54-33-38(56-47-21-8-3-16-41(47)42-17-4-9-22-48(42)56)26-28-50(54)57(49)36-13-11-12-34(30-36)35-24-29-52-44(31-35)43-18-5-10-23-51(43)58-52/h1-33H. The SMILES string of the molecule is c1cc(-c2ccc3oc4ccccc4c3c2)cc(N2c3ccc(-n4c5ccccc5c5ccccc54)cc3Oc3cc(-n4c5ccccc5c5ccccc54)ccc32)c1. The van der Waals surface area contributed by atoms with Crippen LogP contribution in [-0.4, -0.2) is 9.13 Å². The highest BCUT2D eigenvalue weighted by Crippen LogP contribution is 2.52. The minimum Gasteiger partial charge on any atom is -0.456 e. The van der Waals surface area contributed by atoms with Gasteiger partial charge in [0.15, 0.2) is 11.5 Å². The van der Waals surface area contributed by atoms with Crippen LogP contribution in [0.5, 0.6) is 11.5 Å². The molecule has 59 heavy (non-hydrogen) atoms. The molecule has 9 aromatic carbocycles. The van der Waals surface area contributed by atoms with Crippen molar-refractivity contribution in [3.8, 4) is 34.0 Å². The predicted octanol–water partition coefficient (Wildman–Crippen LogP) is 15.0. The Morgan fingerprint density at radius 1 is 0.305 bits per heavy atom. The van der Waals surface area contributed by atoms with E-state index >= 15 is 0 Å². The second kappa shape index (κ2) is 12.2. The molecule has 0 spiro atoms. The zero-order valence-electron chi connectivity index (χ0n) is 31.7. The summed E-state index contributed by atoms with van der Waals surface area (Å²) < 4.78 is 17.9. The molecule has 5 nitrogen and oxygen atoms in total. The van der Waals surface area contributed by atoms with Crippen molar-refractivity contribution in [1.29, 1.82) is 0 Å². The molecule has 276 valence electrons. The molecule has 0 atom stereocenters. The fourth-order valence-corrected chi connectivity index (χ4v) is 9.47. The van der Waals surface area contributed by atoms with E-state index in [0.717, 1.165) is 95.1 Å². The maximum atomic E-state index is 7.07. The lowest BCUT2D eigenvalue weighted by molar-refractivity contribution is 0.476. The molecule has 0 aliphatic carbocycles. The smallest absolute Gasteiger partial charge is 0.153 e. The van der Waals surface area contributed by atoms with Gasteiger partial charge in [0.1, 0.15) is 11.2 Å². The van der Waals surface area contributed by atoms with E-state index in [4.69, 9.17) is 9.15 Å². The molecule has 0 bridgehead atoms. The number of fused-ring (bicyclic) bond motifs is 11. The summed E-state index contributed by atoms with van der Waals surface area (Å²) in [6, 6.07) is 71.3. The van der Waals surface area contributed by atoms with Crippen LogP contribution in [0.3, 0.4) is 0 Å². The molecule has 1 aliphatic heterocycles. The highest BCUT2D eigenvalue weighted by Gasteiger charge is 2.28. The fraction of sp³-hybridized carbons (Fsp3) is 0. The molecule has 0 fully saturated rings. The minimum absolute atomic E-state index is 0.785. The number of nitrogens with zero attached hydrogens (tertiary/aromatic N) is 3. The number of para-hydroxylation sites is 5. The van der Waals surface area contributed by atoms with Crippen molar-refractivity contribution < 1.29 is 9.15 Å². The third-order valence-electron chi connectivity index (χ3n) is 12.1. The third-order valence-corrected chi connectivity index (χ3v) is 12.1. The van der Waals surface area contributed by atoms with Gasteiger partial charge in [0.05, 0.1) is 44.8 Å². The molecule has 5 heteroatoms. The van der Waals surface area contributed by atoms with Gasteiger partial charge < -0.3 is 23.2 Å². The average Bonchev–Trinajstić information content (AvgIpc) is 3.95. The second-order valence-corrected chi connectivity index (χ2v) is 15.3. The van der Waals surface area contributed by atoms with Crippen LogP contribution in [0.15, 0.2) is 205 Å². The topological polar surface area (TPSA) is 35.5 Å². The van der Waals surface area contributed by atoms with E-state index in [1.54, 1.807) is 0 Å². The van der Waals surface area contributed by atoms with E-state index in [1.165, 1.54) is 21.5 Å². The van der Waals surface area contributed by atoms with E-state index in [1.807, 2.05) is 12.1 Å². The number of rotatable bonds is 4. The minimum atomic E-state index is 0.785. The predicted molar refractivity (Wildman–Crippen MR) is 243 cm³/mol. The molecule has 4 heterocycles. The molecule has 0 N–H and O–H groups in total. The van der Waals surface area contributed by atoms with Gasteiger partial charge >= 0.3 is 0 Å². The van der Waals surface area contributed by atoms with Crippen LogP contribution < -0.4 is 9.64 Å². The maximum Gasteiger partial charge on any atom is 0.153 e. The van der Waals surface area contributed by atoms with Crippen LogP contribution in [0.1, 0.15) is 0 Å². The number of ether oxygens (including phenoxy) is 1. The maximum absolute atomic E-state index is 7.07. The van der Waals surface area contributed by atoms with E-state index in [2.05, 4.69) is 202 Å². The molecule has 0 saturated carbocycles. The highest BCUT2D eigenvalue weighted by atomic mass is 16.5. The van der Waals surface area contributed by atoms with E-state index in [-0.39, 0.29) is 0 Å². The summed E-state index contributed by atoms with van der Waals surface area (Å²) in [4.78, 5) is 2.34. The summed E-state index contributed by atoms with van der Waals surface area (Å²) in [5.41, 5.74) is 13.7. The number of hydrogen-bond acceptors (Lipinski definition) is 3. The number of aromatic nitrogens is 2. The van der Waals surface area contributed by atoms with Crippen molar-refractivity contribution in [2.24, 2.45) is 0 Å². The highest BCUT2D eigenvalue weighted by molar-refractivity contribution is 6.11. The van der Waals surface area contributed by atoms with Crippen LogP contribution in [0.4, 0.5) is 17.1 Å². The summed E-state index contributed by atoms with van der Waals surface area (Å²) in [7, 11) is 0. The van der Waals surface area contributed by atoms with Crippen molar-refractivity contribution in [3.63, 3.8) is 0 Å². The van der Waals surface area contributed by atoms with Gasteiger partial charge in [-0.25, -0.2) is 0 Å². The molecule has 0 radical (unpaired) electrons. The van der Waals surface area contributed by atoms with Crippen molar-refractivity contribution in [1.82, 2.24) is 9.13 Å². The summed E-state index contributed by atoms with van der Waals surface area (Å²) in [6.07, 6.45) is 0. The van der Waals surface area contributed by atoms with Gasteiger partial charge in [0.25, 0.3) is 0 Å². The lowest BCUT2D eigenvalue weighted by atomic mass is 10.0. The molecular weight excluding hydrogens is 723 g/mol. The monoisotopic (exact) mass is 755 g/mol. The van der Waals surface area contributed by atoms with Crippen LogP contribution in [-0.2, 0) is 0 Å². The van der Waals surface area contributed by atoms with E-state index in [0.29, 0.717) is 0 Å². The Kier molecular flexibility index (Phi) is 6.66. The summed E-state index contributed by atoms with van der Waals surface area (Å²) in [6.45, 7) is 0. The van der Waals surface area contributed by atoms with Crippen LogP contribution >= 0.6 is 0 Å². The normalized spacial score (nSPS) is 12.5. The summed E-state index contributed by atoms with van der Waals surface area (Å²) in [5.74, 6) is 1.57. The average molecular weight is 756 g/mol. The van der Waals surface area contributed by atoms with Crippen molar-refractivity contribution in [2.45, 2.75) is 0 Å². The van der Waals surface area contributed by atoms with Gasteiger partial charge in [-0.15, -0.1) is 0 Å². The van der Waals surface area contributed by atoms with Gasteiger partial charge in [0.2, 0.25) is 0 Å². The lowest BCUT2D eigenvalue weighted by Gasteiger charge is -2.34. The first-order chi connectivity index (χ1) is 29.2. The molecule has 13 rings (SSSR count). The van der Waals surface area contributed by atoms with E-state index in [9.17, 15) is 0 Å². The van der Waals surface area contributed by atoms with Crippen LogP contribution in [0.2, 0.25) is 0 Å². The Balaban J connectivity index is 1.01. The first-order valence-corrected chi connectivity index (χ1v) is 20.0. The molecule has 12 aromatic rings. The van der Waals surface area contributed by atoms with Crippen LogP contribution in [0.25, 0.3) is 88.1 Å². The first kappa shape index (κ1) is 32.1. The van der Waals surface area contributed by atoms with Gasteiger partial charge in [-0.05, 0) is 90.0 Å². The van der Waals surface area contributed by atoms with Crippen LogP contribution in [0, 0.1) is 0 Å². The molecular formula is C54H33N3O2. The second-order valence-electron chi connectivity index (χ2n) is 15.3. The Morgan fingerprint density at radius 2 is 0.780 bits per heavy atom. The van der Waals surface area contributed by atoms with Crippen molar-refractivity contribution in [2.75, 3.05) is 4.90 Å². The summed E-state index contributed by atoms with van der Waals surface area (Å²) in [5, 5.41) is 7.13. The van der Waals surface area contributed by atoms with Gasteiger partial charge in [-0.3, -0.25) is 0 Å². The molecule has 0 saturated heterocycles. The molecule has 1 aliphatic rings. The Labute approximate surface area is 338 Å². The quantitative estimate of drug-likeness (QED) is 0.179. The Bertz CT molecular complexity index is 3410. The third kappa shape index (κ3) is 4.73. The molecule has 0 amide bonds. The fourth-order valence-electron chi connectivity index (χ4n) is 9.47. The number of hydrogen-bond donors (Lipinski definition) is 0. The molecule has 0 unspecified atom stereocenters. The van der Waals surface area contributed by atoms with E-state index < -0.39 is 0 Å². The van der Waals surface area contributed by atoms with Gasteiger partial charge in [-0.1, -0.05) is 109 Å². The largest absolute Gasteiger partial charge is 0.456 e. The summed E-state index contributed by atoms with van der Waals surface area (Å²) >= 11 is 0. The Hall–Kier alpha value is -8.02. The lowest BCUT2D eigenvalue weighted by Crippen LogP contribution is -2.16. The van der Waals surface area contributed by atoms with Crippen molar-refractivity contribution in [3.05, 3.63) is 200 Å².